The molecule has 2 amide bonds. The van der Waals surface area contributed by atoms with Gasteiger partial charge in [0.25, 0.3) is 0 Å². The Labute approximate surface area is 166 Å². The summed E-state index contributed by atoms with van der Waals surface area (Å²) in [4.78, 5) is 28.9. The van der Waals surface area contributed by atoms with Gasteiger partial charge in [-0.25, -0.2) is 0 Å². The summed E-state index contributed by atoms with van der Waals surface area (Å²) >= 11 is 0. The second-order valence-corrected chi connectivity index (χ2v) is 7.47. The second kappa shape index (κ2) is 8.33. The van der Waals surface area contributed by atoms with Crippen molar-refractivity contribution in [1.82, 2.24) is 0 Å². The molecule has 1 fully saturated rings. The fourth-order valence-corrected chi connectivity index (χ4v) is 3.24. The lowest BCUT2D eigenvalue weighted by molar-refractivity contribution is -0.122. The van der Waals surface area contributed by atoms with Crippen LogP contribution in [0.25, 0.3) is 0 Å². The smallest absolute Gasteiger partial charge is 0.229 e. The minimum atomic E-state index is -0.395. The third-order valence-corrected chi connectivity index (χ3v) is 4.67. The second-order valence-electron chi connectivity index (χ2n) is 7.47. The minimum absolute atomic E-state index is 0.00286. The molecule has 6 heteroatoms. The predicted molar refractivity (Wildman–Crippen MR) is 112 cm³/mol. The van der Waals surface area contributed by atoms with Crippen LogP contribution in [0.2, 0.25) is 0 Å². The summed E-state index contributed by atoms with van der Waals surface area (Å²) in [6, 6.07) is 15.1. The third kappa shape index (κ3) is 4.44. The Kier molecular flexibility index (Phi) is 5.87. The lowest BCUT2D eigenvalue weighted by Crippen LogP contribution is -2.28. The molecule has 3 rings (SSSR count). The number of carbonyl (C=O) groups is 2. The molecule has 1 aliphatic heterocycles. The Morgan fingerprint density at radius 3 is 2.46 bits per heavy atom. The van der Waals surface area contributed by atoms with Crippen molar-refractivity contribution in [2.75, 3.05) is 35.8 Å². The van der Waals surface area contributed by atoms with E-state index in [2.05, 4.69) is 5.32 Å². The van der Waals surface area contributed by atoms with Crippen LogP contribution < -0.4 is 19.9 Å². The lowest BCUT2D eigenvalue weighted by atomic mass is 10.1. The monoisotopic (exact) mass is 381 g/mol. The zero-order valence-electron chi connectivity index (χ0n) is 16.8. The molecule has 0 radical (unpaired) electrons. The SMILES string of the molecule is CC(C)Oc1ccccc1N1CC(C(=O)Nc2ccc(N(C)C)cc2)CC1=O. The highest BCUT2D eigenvalue weighted by atomic mass is 16.5. The number of hydrogen-bond acceptors (Lipinski definition) is 4. The van der Waals surface area contributed by atoms with Crippen LogP contribution in [0.15, 0.2) is 48.5 Å². The van der Waals surface area contributed by atoms with Crippen LogP contribution in [0.4, 0.5) is 17.1 Å². The van der Waals surface area contributed by atoms with Crippen LogP contribution >= 0.6 is 0 Å². The largest absolute Gasteiger partial charge is 0.489 e. The molecule has 1 N–H and O–H groups in total. The molecule has 1 saturated heterocycles. The maximum Gasteiger partial charge on any atom is 0.229 e. The number of hydrogen-bond donors (Lipinski definition) is 1. The van der Waals surface area contributed by atoms with Crippen molar-refractivity contribution in [3.05, 3.63) is 48.5 Å². The minimum Gasteiger partial charge on any atom is -0.489 e. The van der Waals surface area contributed by atoms with E-state index in [1.54, 1.807) is 4.90 Å². The number of anilines is 3. The van der Waals surface area contributed by atoms with Crippen LogP contribution in [0.5, 0.6) is 5.75 Å². The van der Waals surface area contributed by atoms with E-state index >= 15 is 0 Å². The summed E-state index contributed by atoms with van der Waals surface area (Å²) in [7, 11) is 3.93. The van der Waals surface area contributed by atoms with E-state index < -0.39 is 5.92 Å². The number of amides is 2. The first kappa shape index (κ1) is 19.7. The van der Waals surface area contributed by atoms with E-state index in [9.17, 15) is 9.59 Å². The molecule has 0 spiro atoms. The third-order valence-electron chi connectivity index (χ3n) is 4.67. The Hall–Kier alpha value is -3.02. The maximum absolute atomic E-state index is 12.7. The van der Waals surface area contributed by atoms with E-state index in [1.807, 2.05) is 81.4 Å². The molecule has 6 nitrogen and oxygen atoms in total. The highest BCUT2D eigenvalue weighted by Gasteiger charge is 2.36. The van der Waals surface area contributed by atoms with Crippen LogP contribution in [-0.4, -0.2) is 38.6 Å². The van der Waals surface area contributed by atoms with Gasteiger partial charge in [-0.15, -0.1) is 0 Å². The first-order valence-corrected chi connectivity index (χ1v) is 9.49. The summed E-state index contributed by atoms with van der Waals surface area (Å²) in [5.41, 5.74) is 2.50. The molecule has 0 aromatic heterocycles. The van der Waals surface area contributed by atoms with Crippen LogP contribution in [0, 0.1) is 5.92 Å². The Bertz CT molecular complexity index is 846. The van der Waals surface area contributed by atoms with E-state index in [1.165, 1.54) is 0 Å². The lowest BCUT2D eigenvalue weighted by Gasteiger charge is -2.21. The van der Waals surface area contributed by atoms with Gasteiger partial charge in [0.15, 0.2) is 0 Å². The summed E-state index contributed by atoms with van der Waals surface area (Å²) < 4.78 is 5.83. The average Bonchev–Trinajstić information content (AvgIpc) is 3.04. The van der Waals surface area contributed by atoms with Gasteiger partial charge in [0.05, 0.1) is 17.7 Å². The number of rotatable bonds is 6. The average molecular weight is 381 g/mol. The number of benzene rings is 2. The van der Waals surface area contributed by atoms with Crippen molar-refractivity contribution in [1.29, 1.82) is 0 Å². The van der Waals surface area contributed by atoms with Gasteiger partial charge in [0, 0.05) is 38.4 Å². The summed E-state index contributed by atoms with van der Waals surface area (Å²) in [5, 5.41) is 2.92. The molecule has 1 unspecified atom stereocenters. The van der Waals surface area contributed by atoms with Gasteiger partial charge in [-0.1, -0.05) is 12.1 Å². The molecule has 1 aliphatic rings. The molecule has 148 valence electrons. The van der Waals surface area contributed by atoms with Gasteiger partial charge in [0.1, 0.15) is 5.75 Å². The Morgan fingerprint density at radius 2 is 1.82 bits per heavy atom. The van der Waals surface area contributed by atoms with Crippen LogP contribution in [-0.2, 0) is 9.59 Å². The zero-order valence-corrected chi connectivity index (χ0v) is 16.8. The highest BCUT2D eigenvalue weighted by molar-refractivity contribution is 6.04. The zero-order chi connectivity index (χ0) is 20.3. The van der Waals surface area contributed by atoms with Crippen molar-refractivity contribution >= 4 is 28.9 Å². The van der Waals surface area contributed by atoms with Crippen molar-refractivity contribution < 1.29 is 14.3 Å². The topological polar surface area (TPSA) is 61.9 Å². The summed E-state index contributed by atoms with van der Waals surface area (Å²) in [6.45, 7) is 4.24. The van der Waals surface area contributed by atoms with E-state index in [4.69, 9.17) is 4.74 Å². The Morgan fingerprint density at radius 1 is 1.14 bits per heavy atom. The van der Waals surface area contributed by atoms with Gasteiger partial charge in [0.2, 0.25) is 11.8 Å². The number of nitrogens with one attached hydrogen (secondary N) is 1. The van der Waals surface area contributed by atoms with Crippen LogP contribution in [0.3, 0.4) is 0 Å². The Balaban J connectivity index is 1.69. The number of para-hydroxylation sites is 2. The number of nitrogens with zero attached hydrogens (tertiary/aromatic N) is 2. The molecule has 0 aliphatic carbocycles. The molecule has 0 saturated carbocycles. The first-order chi connectivity index (χ1) is 13.3. The van der Waals surface area contributed by atoms with E-state index in [-0.39, 0.29) is 24.3 Å². The number of ether oxygens (including phenoxy) is 1. The van der Waals surface area contributed by atoms with Gasteiger partial charge in [-0.3, -0.25) is 9.59 Å². The van der Waals surface area contributed by atoms with Crippen molar-refractivity contribution in [3.8, 4) is 5.75 Å². The molecule has 2 aromatic carbocycles. The van der Waals surface area contributed by atoms with Crippen molar-refractivity contribution in [3.63, 3.8) is 0 Å². The number of carbonyl (C=O) groups excluding carboxylic acids is 2. The van der Waals surface area contributed by atoms with E-state index in [0.717, 1.165) is 11.4 Å². The van der Waals surface area contributed by atoms with Gasteiger partial charge in [-0.05, 0) is 50.2 Å². The fourth-order valence-electron chi connectivity index (χ4n) is 3.24. The predicted octanol–water partition coefficient (Wildman–Crippen LogP) is 3.53. The van der Waals surface area contributed by atoms with Crippen molar-refractivity contribution in [2.24, 2.45) is 5.92 Å². The van der Waals surface area contributed by atoms with Gasteiger partial charge in [-0.2, -0.15) is 0 Å². The van der Waals surface area contributed by atoms with Crippen molar-refractivity contribution in [2.45, 2.75) is 26.4 Å². The standard InChI is InChI=1S/C22H27N3O3/c1-15(2)28-20-8-6-5-7-19(20)25-14-16(13-21(25)26)22(27)23-17-9-11-18(12-10-17)24(3)4/h5-12,15-16H,13-14H2,1-4H3,(H,23,27). The molecule has 2 aromatic rings. The molecule has 1 atom stereocenters. The van der Waals surface area contributed by atoms with E-state index in [0.29, 0.717) is 18.0 Å². The fraction of sp³-hybridized carbons (Fsp3) is 0.364. The molecular formula is C22H27N3O3. The molecule has 0 bridgehead atoms. The first-order valence-electron chi connectivity index (χ1n) is 9.49. The van der Waals surface area contributed by atoms with Gasteiger partial charge < -0.3 is 19.9 Å². The van der Waals surface area contributed by atoms with Gasteiger partial charge >= 0.3 is 0 Å². The molecule has 28 heavy (non-hydrogen) atoms. The molecular weight excluding hydrogens is 354 g/mol. The summed E-state index contributed by atoms with van der Waals surface area (Å²) in [6.07, 6.45) is 0.195. The maximum atomic E-state index is 12.7. The molecule has 1 heterocycles. The van der Waals surface area contributed by atoms with Crippen LogP contribution in [0.1, 0.15) is 20.3 Å². The normalized spacial score (nSPS) is 16.4. The summed E-state index contributed by atoms with van der Waals surface area (Å²) in [5.74, 6) is 0.0536. The highest BCUT2D eigenvalue weighted by Crippen LogP contribution is 2.34. The quantitative estimate of drug-likeness (QED) is 0.832.